The first-order chi connectivity index (χ1) is 8.06. The molecule has 0 spiro atoms. The van der Waals surface area contributed by atoms with Gasteiger partial charge in [0.05, 0.1) is 5.69 Å². The Labute approximate surface area is 107 Å². The van der Waals surface area contributed by atoms with E-state index in [4.69, 9.17) is 5.11 Å². The maximum atomic E-state index is 10.9. The minimum Gasteiger partial charge on any atom is -0.477 e. The van der Waals surface area contributed by atoms with Crippen LogP contribution >= 0.6 is 23.1 Å². The first-order valence-electron chi connectivity index (χ1n) is 4.87. The molecule has 6 heteroatoms. The van der Waals surface area contributed by atoms with Gasteiger partial charge in [0.25, 0.3) is 0 Å². The predicted octanol–water partition coefficient (Wildman–Crippen LogP) is 3.00. The van der Waals surface area contributed by atoms with Gasteiger partial charge in [0.1, 0.15) is 9.90 Å². The van der Waals surface area contributed by atoms with Crippen molar-refractivity contribution in [2.75, 3.05) is 0 Å². The van der Waals surface area contributed by atoms with Gasteiger partial charge in [-0.25, -0.2) is 14.8 Å². The van der Waals surface area contributed by atoms with Crippen LogP contribution in [0.1, 0.15) is 20.9 Å². The van der Waals surface area contributed by atoms with E-state index >= 15 is 0 Å². The Hall–Kier alpha value is -1.40. The zero-order valence-electron chi connectivity index (χ0n) is 9.30. The van der Waals surface area contributed by atoms with Crippen LogP contribution in [0.3, 0.4) is 0 Å². The van der Waals surface area contributed by atoms with Crippen molar-refractivity contribution in [2.24, 2.45) is 0 Å². The molecule has 0 atom stereocenters. The molecular weight excluding hydrogens is 256 g/mol. The molecule has 0 saturated carbocycles. The lowest BCUT2D eigenvalue weighted by Crippen LogP contribution is -1.94. The van der Waals surface area contributed by atoms with E-state index in [1.807, 2.05) is 19.1 Å². The highest BCUT2D eigenvalue weighted by Gasteiger charge is 2.14. The lowest BCUT2D eigenvalue weighted by atomic mass is 10.3. The summed E-state index contributed by atoms with van der Waals surface area (Å²) in [5.74, 6) is -0.927. The number of carbonyl (C=O) groups is 1. The standard InChI is InChI=1S/C11H10N2O2S2/c1-6-3-4-12-8(5-6)16-11-13-7(2)9(17-11)10(14)15/h3-5H,1-2H3,(H,14,15). The van der Waals surface area contributed by atoms with Crippen LogP contribution in [0.25, 0.3) is 0 Å². The van der Waals surface area contributed by atoms with Crippen molar-refractivity contribution in [3.05, 3.63) is 34.5 Å². The third kappa shape index (κ3) is 2.83. The van der Waals surface area contributed by atoms with E-state index < -0.39 is 5.97 Å². The number of carboxylic acids is 1. The van der Waals surface area contributed by atoms with E-state index in [9.17, 15) is 4.79 Å². The zero-order valence-corrected chi connectivity index (χ0v) is 10.9. The Morgan fingerprint density at radius 2 is 2.24 bits per heavy atom. The van der Waals surface area contributed by atoms with Crippen molar-refractivity contribution >= 4 is 29.1 Å². The highest BCUT2D eigenvalue weighted by atomic mass is 32.2. The minimum absolute atomic E-state index is 0.292. The van der Waals surface area contributed by atoms with E-state index in [0.29, 0.717) is 14.9 Å². The van der Waals surface area contributed by atoms with Crippen molar-refractivity contribution in [1.29, 1.82) is 0 Å². The predicted molar refractivity (Wildman–Crippen MR) is 66.9 cm³/mol. The highest BCUT2D eigenvalue weighted by molar-refractivity contribution is 8.01. The van der Waals surface area contributed by atoms with Gasteiger partial charge in [-0.1, -0.05) is 11.3 Å². The maximum Gasteiger partial charge on any atom is 0.347 e. The van der Waals surface area contributed by atoms with Crippen molar-refractivity contribution in [2.45, 2.75) is 23.2 Å². The fraction of sp³-hybridized carbons (Fsp3) is 0.182. The summed E-state index contributed by atoms with van der Waals surface area (Å²) in [5.41, 5.74) is 1.67. The second kappa shape index (κ2) is 4.85. The monoisotopic (exact) mass is 266 g/mol. The highest BCUT2D eigenvalue weighted by Crippen LogP contribution is 2.31. The van der Waals surface area contributed by atoms with Gasteiger partial charge in [0, 0.05) is 6.20 Å². The molecule has 0 aliphatic rings. The summed E-state index contributed by atoms with van der Waals surface area (Å²) < 4.78 is 0.706. The van der Waals surface area contributed by atoms with Crippen LogP contribution in [0.2, 0.25) is 0 Å². The summed E-state index contributed by atoms with van der Waals surface area (Å²) in [6.07, 6.45) is 1.73. The van der Waals surface area contributed by atoms with Gasteiger partial charge in [0.15, 0.2) is 4.34 Å². The maximum absolute atomic E-state index is 10.9. The number of aryl methyl sites for hydroxylation is 2. The number of hydrogen-bond acceptors (Lipinski definition) is 5. The molecular formula is C11H10N2O2S2. The van der Waals surface area contributed by atoms with Gasteiger partial charge in [-0.2, -0.15) is 0 Å². The Morgan fingerprint density at radius 1 is 1.47 bits per heavy atom. The van der Waals surface area contributed by atoms with Gasteiger partial charge in [-0.3, -0.25) is 0 Å². The average molecular weight is 266 g/mol. The Kier molecular flexibility index (Phi) is 3.44. The number of aromatic carboxylic acids is 1. The lowest BCUT2D eigenvalue weighted by Gasteiger charge is -1.97. The molecule has 0 aromatic carbocycles. The largest absolute Gasteiger partial charge is 0.477 e. The van der Waals surface area contributed by atoms with Gasteiger partial charge in [0.2, 0.25) is 0 Å². The topological polar surface area (TPSA) is 63.1 Å². The number of pyridine rings is 1. The molecule has 2 aromatic rings. The summed E-state index contributed by atoms with van der Waals surface area (Å²) in [4.78, 5) is 19.6. The van der Waals surface area contributed by atoms with Gasteiger partial charge in [-0.05, 0) is 43.3 Å². The van der Waals surface area contributed by atoms with E-state index in [-0.39, 0.29) is 0 Å². The van der Waals surface area contributed by atoms with Crippen LogP contribution in [0, 0.1) is 13.8 Å². The Balaban J connectivity index is 2.25. The first-order valence-corrected chi connectivity index (χ1v) is 6.51. The number of thiazole rings is 1. The van der Waals surface area contributed by atoms with Gasteiger partial charge in [-0.15, -0.1) is 0 Å². The van der Waals surface area contributed by atoms with Crippen molar-refractivity contribution < 1.29 is 9.90 Å². The van der Waals surface area contributed by atoms with Crippen molar-refractivity contribution in [3.63, 3.8) is 0 Å². The van der Waals surface area contributed by atoms with Crippen LogP contribution in [0.15, 0.2) is 27.7 Å². The van der Waals surface area contributed by atoms with Crippen LogP contribution in [0.4, 0.5) is 0 Å². The number of nitrogens with zero attached hydrogens (tertiary/aromatic N) is 2. The van der Waals surface area contributed by atoms with Crippen molar-refractivity contribution in [3.8, 4) is 0 Å². The van der Waals surface area contributed by atoms with E-state index in [0.717, 1.165) is 10.6 Å². The fourth-order valence-corrected chi connectivity index (χ4v) is 3.30. The minimum atomic E-state index is -0.927. The molecule has 0 fully saturated rings. The quantitative estimate of drug-likeness (QED) is 0.925. The Morgan fingerprint density at radius 3 is 2.82 bits per heavy atom. The molecule has 2 heterocycles. The summed E-state index contributed by atoms with van der Waals surface area (Å²) in [5, 5.41) is 9.76. The molecule has 88 valence electrons. The first kappa shape index (κ1) is 12.1. The number of aromatic nitrogens is 2. The SMILES string of the molecule is Cc1ccnc(Sc2nc(C)c(C(=O)O)s2)c1. The smallest absolute Gasteiger partial charge is 0.347 e. The van der Waals surface area contributed by atoms with Gasteiger partial charge < -0.3 is 5.11 Å². The van der Waals surface area contributed by atoms with Crippen LogP contribution in [-0.2, 0) is 0 Å². The van der Waals surface area contributed by atoms with E-state index in [1.165, 1.54) is 23.1 Å². The van der Waals surface area contributed by atoms with E-state index in [2.05, 4.69) is 9.97 Å². The summed E-state index contributed by atoms with van der Waals surface area (Å²) in [6.45, 7) is 3.69. The van der Waals surface area contributed by atoms with Gasteiger partial charge >= 0.3 is 5.97 Å². The average Bonchev–Trinajstić information content (AvgIpc) is 2.59. The normalized spacial score (nSPS) is 10.5. The lowest BCUT2D eigenvalue weighted by molar-refractivity contribution is 0.0701. The molecule has 2 rings (SSSR count). The molecule has 0 radical (unpaired) electrons. The van der Waals surface area contributed by atoms with Crippen LogP contribution in [-0.4, -0.2) is 21.0 Å². The number of hydrogen-bond donors (Lipinski definition) is 1. The molecule has 2 aromatic heterocycles. The zero-order chi connectivity index (χ0) is 12.4. The molecule has 0 aliphatic heterocycles. The molecule has 17 heavy (non-hydrogen) atoms. The molecule has 0 bridgehead atoms. The van der Waals surface area contributed by atoms with Crippen LogP contribution in [0.5, 0.6) is 0 Å². The molecule has 0 aliphatic carbocycles. The summed E-state index contributed by atoms with van der Waals surface area (Å²) in [7, 11) is 0. The number of rotatable bonds is 3. The summed E-state index contributed by atoms with van der Waals surface area (Å²) in [6, 6.07) is 3.86. The third-order valence-corrected chi connectivity index (χ3v) is 4.19. The molecule has 4 nitrogen and oxygen atoms in total. The Bertz CT molecular complexity index is 566. The molecule has 0 saturated heterocycles. The van der Waals surface area contributed by atoms with E-state index in [1.54, 1.807) is 13.1 Å². The third-order valence-electron chi connectivity index (χ3n) is 2.05. The summed E-state index contributed by atoms with van der Waals surface area (Å²) >= 11 is 2.57. The fourth-order valence-electron chi connectivity index (χ4n) is 1.27. The number of carboxylic acid groups (broad SMARTS) is 1. The van der Waals surface area contributed by atoms with Crippen molar-refractivity contribution in [1.82, 2.24) is 9.97 Å². The van der Waals surface area contributed by atoms with Crippen LogP contribution < -0.4 is 0 Å². The molecule has 0 unspecified atom stereocenters. The molecule has 0 amide bonds. The molecule has 1 N–H and O–H groups in total. The second-order valence-electron chi connectivity index (χ2n) is 3.47. The second-order valence-corrected chi connectivity index (χ2v) is 5.74.